The lowest BCUT2D eigenvalue weighted by Gasteiger charge is -2.06. The molecule has 1 atom stereocenters. The number of nitrogens with two attached hydrogens (primary N) is 1. The van der Waals surface area contributed by atoms with Gasteiger partial charge < -0.3 is 15.3 Å². The Bertz CT molecular complexity index is 452. The first-order chi connectivity index (χ1) is 6.70. The van der Waals surface area contributed by atoms with Crippen molar-refractivity contribution in [1.82, 2.24) is 0 Å². The molecule has 1 unspecified atom stereocenters. The van der Waals surface area contributed by atoms with Gasteiger partial charge in [0.05, 0.1) is 6.10 Å². The molecule has 1 heterocycles. The lowest BCUT2D eigenvalue weighted by Crippen LogP contribution is -2.11. The molecule has 0 saturated carbocycles. The molecule has 1 aromatic heterocycles. The highest BCUT2D eigenvalue weighted by Crippen LogP contribution is 2.25. The quantitative estimate of drug-likeness (QED) is 0.800. The Morgan fingerprint density at radius 1 is 1.43 bits per heavy atom. The Balaban J connectivity index is 2.50. The predicted molar refractivity (Wildman–Crippen MR) is 55.2 cm³/mol. The van der Waals surface area contributed by atoms with Gasteiger partial charge in [-0.05, 0) is 23.2 Å². The van der Waals surface area contributed by atoms with Crippen molar-refractivity contribution in [3.05, 3.63) is 35.0 Å². The lowest BCUT2D eigenvalue weighted by atomic mass is 10.1. The first-order valence-electron chi connectivity index (χ1n) is 4.28. The standard InChI is InChI=1S/C10H10ClNO2/c11-10-4-7-2-1-6(8(13)5-12)3-9(7)14-10/h1-4,8,13H,5,12H2. The minimum atomic E-state index is -0.650. The molecule has 2 aromatic rings. The summed E-state index contributed by atoms with van der Waals surface area (Å²) in [4.78, 5) is 0. The monoisotopic (exact) mass is 211 g/mol. The van der Waals surface area contributed by atoms with E-state index >= 15 is 0 Å². The van der Waals surface area contributed by atoms with Crippen LogP contribution in [-0.2, 0) is 0 Å². The zero-order valence-electron chi connectivity index (χ0n) is 7.40. The zero-order chi connectivity index (χ0) is 10.1. The average molecular weight is 212 g/mol. The van der Waals surface area contributed by atoms with Gasteiger partial charge in [-0.25, -0.2) is 0 Å². The first-order valence-corrected chi connectivity index (χ1v) is 4.65. The number of rotatable bonds is 2. The van der Waals surface area contributed by atoms with Crippen molar-refractivity contribution in [2.45, 2.75) is 6.10 Å². The van der Waals surface area contributed by atoms with Crippen LogP contribution < -0.4 is 5.73 Å². The van der Waals surface area contributed by atoms with Crippen LogP contribution in [0.25, 0.3) is 11.0 Å². The fourth-order valence-electron chi connectivity index (χ4n) is 1.36. The Hall–Kier alpha value is -1.03. The number of benzene rings is 1. The number of halogens is 1. The number of hydrogen-bond acceptors (Lipinski definition) is 3. The van der Waals surface area contributed by atoms with E-state index in [0.29, 0.717) is 10.8 Å². The molecule has 0 aliphatic rings. The molecule has 3 nitrogen and oxygen atoms in total. The van der Waals surface area contributed by atoms with Crippen molar-refractivity contribution in [2.24, 2.45) is 5.73 Å². The van der Waals surface area contributed by atoms with Crippen molar-refractivity contribution < 1.29 is 9.52 Å². The minimum Gasteiger partial charge on any atom is -0.445 e. The molecular formula is C10H10ClNO2. The van der Waals surface area contributed by atoms with Crippen LogP contribution in [0.2, 0.25) is 5.22 Å². The van der Waals surface area contributed by atoms with Crippen LogP contribution >= 0.6 is 11.6 Å². The Morgan fingerprint density at radius 2 is 2.21 bits per heavy atom. The Morgan fingerprint density at radius 3 is 2.93 bits per heavy atom. The fraction of sp³-hybridized carbons (Fsp3) is 0.200. The van der Waals surface area contributed by atoms with Gasteiger partial charge in [-0.3, -0.25) is 0 Å². The van der Waals surface area contributed by atoms with Gasteiger partial charge in [0, 0.05) is 18.0 Å². The predicted octanol–water partition coefficient (Wildman–Crippen LogP) is 2.08. The van der Waals surface area contributed by atoms with Gasteiger partial charge >= 0.3 is 0 Å². The van der Waals surface area contributed by atoms with E-state index in [0.717, 1.165) is 10.9 Å². The van der Waals surface area contributed by atoms with Crippen LogP contribution in [0.5, 0.6) is 0 Å². The van der Waals surface area contributed by atoms with E-state index in [2.05, 4.69) is 0 Å². The van der Waals surface area contributed by atoms with Gasteiger partial charge in [-0.2, -0.15) is 0 Å². The molecule has 74 valence electrons. The molecule has 0 bridgehead atoms. The van der Waals surface area contributed by atoms with Crippen LogP contribution in [0.4, 0.5) is 0 Å². The smallest absolute Gasteiger partial charge is 0.194 e. The van der Waals surface area contributed by atoms with E-state index in [9.17, 15) is 5.11 Å². The average Bonchev–Trinajstić information content (AvgIpc) is 2.55. The molecule has 3 N–H and O–H groups in total. The third-order valence-corrected chi connectivity index (χ3v) is 2.31. The molecule has 2 rings (SSSR count). The second kappa shape index (κ2) is 3.61. The molecule has 1 aromatic carbocycles. The third kappa shape index (κ3) is 1.62. The molecule has 0 saturated heterocycles. The molecule has 4 heteroatoms. The zero-order valence-corrected chi connectivity index (χ0v) is 8.16. The van der Waals surface area contributed by atoms with Crippen molar-refractivity contribution >= 4 is 22.6 Å². The van der Waals surface area contributed by atoms with E-state index in [1.165, 1.54) is 0 Å². The summed E-state index contributed by atoms with van der Waals surface area (Å²) in [6, 6.07) is 7.14. The Kier molecular flexibility index (Phi) is 2.46. The number of fused-ring (bicyclic) bond motifs is 1. The van der Waals surface area contributed by atoms with Crippen molar-refractivity contribution in [2.75, 3.05) is 6.54 Å². The van der Waals surface area contributed by atoms with Gasteiger partial charge in [0.15, 0.2) is 5.22 Å². The van der Waals surface area contributed by atoms with Crippen molar-refractivity contribution in [3.8, 4) is 0 Å². The summed E-state index contributed by atoms with van der Waals surface area (Å²) >= 11 is 5.70. The Labute approximate surface area is 86.1 Å². The maximum Gasteiger partial charge on any atom is 0.194 e. The van der Waals surface area contributed by atoms with E-state index < -0.39 is 6.10 Å². The molecule has 0 fully saturated rings. The summed E-state index contributed by atoms with van der Waals surface area (Å²) in [7, 11) is 0. The molecule has 0 radical (unpaired) electrons. The summed E-state index contributed by atoms with van der Waals surface area (Å²) in [5.74, 6) is 0. The highest BCUT2D eigenvalue weighted by molar-refractivity contribution is 6.29. The SMILES string of the molecule is NCC(O)c1ccc2cc(Cl)oc2c1. The fourth-order valence-corrected chi connectivity index (χ4v) is 1.56. The molecular weight excluding hydrogens is 202 g/mol. The van der Waals surface area contributed by atoms with Gasteiger partial charge in [0.1, 0.15) is 5.58 Å². The molecule has 0 amide bonds. The van der Waals surface area contributed by atoms with Crippen molar-refractivity contribution in [1.29, 1.82) is 0 Å². The van der Waals surface area contributed by atoms with Crippen molar-refractivity contribution in [3.63, 3.8) is 0 Å². The minimum absolute atomic E-state index is 0.194. The molecule has 0 aliphatic heterocycles. The number of aliphatic hydroxyl groups is 1. The van der Waals surface area contributed by atoms with E-state index in [1.54, 1.807) is 12.1 Å². The normalized spacial score (nSPS) is 13.4. The summed E-state index contributed by atoms with van der Waals surface area (Å²) in [5.41, 5.74) is 6.76. The van der Waals surface area contributed by atoms with E-state index in [-0.39, 0.29) is 6.54 Å². The van der Waals surface area contributed by atoms with Crippen LogP contribution in [0.1, 0.15) is 11.7 Å². The summed E-state index contributed by atoms with van der Waals surface area (Å²) in [6.07, 6.45) is -0.650. The summed E-state index contributed by atoms with van der Waals surface area (Å²) in [5, 5.41) is 10.8. The molecule has 0 spiro atoms. The van der Waals surface area contributed by atoms with Crippen LogP contribution in [0.3, 0.4) is 0 Å². The molecule has 0 aliphatic carbocycles. The second-order valence-corrected chi connectivity index (χ2v) is 3.47. The number of hydrogen-bond donors (Lipinski definition) is 2. The summed E-state index contributed by atoms with van der Waals surface area (Å²) < 4.78 is 5.22. The van der Waals surface area contributed by atoms with Crippen LogP contribution in [0, 0.1) is 0 Å². The maximum atomic E-state index is 9.50. The van der Waals surface area contributed by atoms with Crippen LogP contribution in [0.15, 0.2) is 28.7 Å². The van der Waals surface area contributed by atoms with Gasteiger partial charge in [0.2, 0.25) is 0 Å². The third-order valence-electron chi connectivity index (χ3n) is 2.12. The second-order valence-electron chi connectivity index (χ2n) is 3.10. The van der Waals surface area contributed by atoms with E-state index in [4.69, 9.17) is 21.8 Å². The maximum absolute atomic E-state index is 9.50. The number of furan rings is 1. The molecule has 14 heavy (non-hydrogen) atoms. The largest absolute Gasteiger partial charge is 0.445 e. The highest BCUT2D eigenvalue weighted by Gasteiger charge is 2.08. The number of aliphatic hydroxyl groups excluding tert-OH is 1. The van der Waals surface area contributed by atoms with Gasteiger partial charge in [-0.15, -0.1) is 0 Å². The van der Waals surface area contributed by atoms with Gasteiger partial charge in [-0.1, -0.05) is 12.1 Å². The van der Waals surface area contributed by atoms with Crippen LogP contribution in [-0.4, -0.2) is 11.7 Å². The highest BCUT2D eigenvalue weighted by atomic mass is 35.5. The van der Waals surface area contributed by atoms with Gasteiger partial charge in [0.25, 0.3) is 0 Å². The first kappa shape index (κ1) is 9.52. The summed E-state index contributed by atoms with van der Waals surface area (Å²) in [6.45, 7) is 0.194. The lowest BCUT2D eigenvalue weighted by molar-refractivity contribution is 0.187. The van der Waals surface area contributed by atoms with E-state index in [1.807, 2.05) is 12.1 Å². The topological polar surface area (TPSA) is 59.4 Å².